The average Bonchev–Trinajstić information content (AvgIpc) is 2.63. The number of halogens is 1. The van der Waals surface area contributed by atoms with E-state index in [9.17, 15) is 4.79 Å². The summed E-state index contributed by atoms with van der Waals surface area (Å²) in [4.78, 5) is 16.7. The van der Waals surface area contributed by atoms with Crippen molar-refractivity contribution in [1.29, 1.82) is 0 Å². The monoisotopic (exact) mass is 373 g/mol. The second-order valence-electron chi connectivity index (χ2n) is 6.84. The van der Waals surface area contributed by atoms with Gasteiger partial charge in [0, 0.05) is 38.4 Å². The number of benzene rings is 2. The lowest BCUT2D eigenvalue weighted by Gasteiger charge is -2.37. The van der Waals surface area contributed by atoms with Crippen LogP contribution in [-0.2, 0) is 6.54 Å². The van der Waals surface area contributed by atoms with E-state index in [4.69, 9.17) is 0 Å². The lowest BCUT2D eigenvalue weighted by Crippen LogP contribution is -2.51. The number of hydrogen-bond acceptors (Lipinski definition) is 2. The van der Waals surface area contributed by atoms with Crippen LogP contribution in [0.4, 0.5) is 10.5 Å². The normalized spacial score (nSPS) is 14.0. The molecule has 1 N–H and O–H groups in total. The SMILES string of the molecule is Cc1ccc(CNC(=O)N2CCN(c3cccc(C)c3C)CC2)cc1.Cl. The number of hydrogen-bond donors (Lipinski definition) is 1. The maximum Gasteiger partial charge on any atom is 0.317 e. The van der Waals surface area contributed by atoms with Gasteiger partial charge < -0.3 is 15.1 Å². The van der Waals surface area contributed by atoms with Gasteiger partial charge in [0.05, 0.1) is 0 Å². The van der Waals surface area contributed by atoms with Gasteiger partial charge in [-0.3, -0.25) is 0 Å². The van der Waals surface area contributed by atoms with Crippen LogP contribution in [0.25, 0.3) is 0 Å². The molecule has 0 unspecified atom stereocenters. The third kappa shape index (κ3) is 4.70. The minimum Gasteiger partial charge on any atom is -0.368 e. The van der Waals surface area contributed by atoms with Crippen LogP contribution in [0.15, 0.2) is 42.5 Å². The zero-order chi connectivity index (χ0) is 17.8. The fourth-order valence-corrected chi connectivity index (χ4v) is 3.22. The minimum absolute atomic E-state index is 0. The summed E-state index contributed by atoms with van der Waals surface area (Å²) in [6, 6.07) is 14.7. The van der Waals surface area contributed by atoms with Crippen LogP contribution in [0.2, 0.25) is 0 Å². The summed E-state index contributed by atoms with van der Waals surface area (Å²) in [5, 5.41) is 3.03. The molecule has 2 aromatic rings. The van der Waals surface area contributed by atoms with Crippen molar-refractivity contribution < 1.29 is 4.79 Å². The second kappa shape index (κ2) is 8.95. The van der Waals surface area contributed by atoms with Crippen LogP contribution in [0.1, 0.15) is 22.3 Å². The standard InChI is InChI=1S/C21H27N3O.ClH/c1-16-7-9-19(10-8-16)15-22-21(25)24-13-11-23(12-14-24)20-6-4-5-17(2)18(20)3;/h4-10H,11-15H2,1-3H3,(H,22,25);1H. The maximum absolute atomic E-state index is 12.4. The maximum atomic E-state index is 12.4. The summed E-state index contributed by atoms with van der Waals surface area (Å²) < 4.78 is 0. The summed E-state index contributed by atoms with van der Waals surface area (Å²) in [6.45, 7) is 10.2. The van der Waals surface area contributed by atoms with Gasteiger partial charge in [-0.05, 0) is 43.5 Å². The number of nitrogens with one attached hydrogen (secondary N) is 1. The smallest absolute Gasteiger partial charge is 0.317 e. The van der Waals surface area contributed by atoms with E-state index in [2.05, 4.69) is 73.5 Å². The van der Waals surface area contributed by atoms with Crippen molar-refractivity contribution in [2.75, 3.05) is 31.1 Å². The first-order chi connectivity index (χ1) is 12.0. The molecule has 1 heterocycles. The topological polar surface area (TPSA) is 35.6 Å². The molecule has 2 aromatic carbocycles. The van der Waals surface area contributed by atoms with Crippen LogP contribution in [0, 0.1) is 20.8 Å². The van der Waals surface area contributed by atoms with E-state index in [1.165, 1.54) is 22.4 Å². The van der Waals surface area contributed by atoms with E-state index >= 15 is 0 Å². The van der Waals surface area contributed by atoms with Crippen molar-refractivity contribution in [2.24, 2.45) is 0 Å². The van der Waals surface area contributed by atoms with Gasteiger partial charge in [0.15, 0.2) is 0 Å². The minimum atomic E-state index is 0. The van der Waals surface area contributed by atoms with Crippen LogP contribution >= 0.6 is 12.4 Å². The lowest BCUT2D eigenvalue weighted by molar-refractivity contribution is 0.194. The summed E-state index contributed by atoms with van der Waals surface area (Å²) in [5.41, 5.74) is 6.31. The second-order valence-corrected chi connectivity index (χ2v) is 6.84. The number of rotatable bonds is 3. The summed E-state index contributed by atoms with van der Waals surface area (Å²) in [5.74, 6) is 0. The quantitative estimate of drug-likeness (QED) is 0.880. The summed E-state index contributed by atoms with van der Waals surface area (Å²) in [7, 11) is 0. The van der Waals surface area contributed by atoms with E-state index in [1.54, 1.807) is 0 Å². The lowest BCUT2D eigenvalue weighted by atomic mass is 10.1. The van der Waals surface area contributed by atoms with E-state index in [0.717, 1.165) is 31.7 Å². The molecule has 0 saturated carbocycles. The molecule has 0 atom stereocenters. The van der Waals surface area contributed by atoms with Gasteiger partial charge in [0.1, 0.15) is 0 Å². The van der Waals surface area contributed by atoms with Crippen LogP contribution in [0.5, 0.6) is 0 Å². The molecule has 0 spiro atoms. The molecule has 0 radical (unpaired) electrons. The van der Waals surface area contributed by atoms with Crippen molar-refractivity contribution in [2.45, 2.75) is 27.3 Å². The van der Waals surface area contributed by atoms with Gasteiger partial charge in [-0.15, -0.1) is 12.4 Å². The Balaban J connectivity index is 0.00000243. The number of aryl methyl sites for hydroxylation is 2. The highest BCUT2D eigenvalue weighted by atomic mass is 35.5. The van der Waals surface area contributed by atoms with Gasteiger partial charge in [-0.25, -0.2) is 4.79 Å². The number of urea groups is 1. The van der Waals surface area contributed by atoms with Crippen LogP contribution in [-0.4, -0.2) is 37.1 Å². The molecule has 2 amide bonds. The Labute approximate surface area is 162 Å². The summed E-state index contributed by atoms with van der Waals surface area (Å²) >= 11 is 0. The molecule has 1 fully saturated rings. The zero-order valence-corrected chi connectivity index (χ0v) is 16.6. The summed E-state index contributed by atoms with van der Waals surface area (Å²) in [6.07, 6.45) is 0. The van der Waals surface area contributed by atoms with Gasteiger partial charge >= 0.3 is 6.03 Å². The Morgan fingerprint density at radius 1 is 0.962 bits per heavy atom. The molecule has 1 aliphatic rings. The molecule has 140 valence electrons. The number of anilines is 1. The average molecular weight is 374 g/mol. The Kier molecular flexibility index (Phi) is 6.92. The molecule has 0 bridgehead atoms. The Morgan fingerprint density at radius 3 is 2.27 bits per heavy atom. The highest BCUT2D eigenvalue weighted by molar-refractivity contribution is 5.85. The molecular formula is C21H28ClN3O. The Morgan fingerprint density at radius 2 is 1.62 bits per heavy atom. The molecule has 4 nitrogen and oxygen atoms in total. The van der Waals surface area contributed by atoms with Crippen LogP contribution < -0.4 is 10.2 Å². The molecule has 26 heavy (non-hydrogen) atoms. The number of piperazine rings is 1. The fourth-order valence-electron chi connectivity index (χ4n) is 3.22. The Bertz CT molecular complexity index is 737. The van der Waals surface area contributed by atoms with E-state index in [-0.39, 0.29) is 18.4 Å². The van der Waals surface area contributed by atoms with Gasteiger partial charge in [0.25, 0.3) is 0 Å². The molecule has 3 rings (SSSR count). The zero-order valence-electron chi connectivity index (χ0n) is 15.8. The van der Waals surface area contributed by atoms with Crippen molar-refractivity contribution >= 4 is 24.1 Å². The Hall–Kier alpha value is -2.20. The predicted molar refractivity (Wildman–Crippen MR) is 110 cm³/mol. The largest absolute Gasteiger partial charge is 0.368 e. The first kappa shape index (κ1) is 20.1. The number of nitrogens with zero attached hydrogens (tertiary/aromatic N) is 2. The number of amides is 2. The molecule has 0 aromatic heterocycles. The van der Waals surface area contributed by atoms with Crippen molar-refractivity contribution in [3.8, 4) is 0 Å². The van der Waals surface area contributed by atoms with Gasteiger partial charge in [-0.2, -0.15) is 0 Å². The van der Waals surface area contributed by atoms with Crippen molar-refractivity contribution in [3.63, 3.8) is 0 Å². The fraction of sp³-hybridized carbons (Fsp3) is 0.381. The molecule has 1 saturated heterocycles. The van der Waals surface area contributed by atoms with E-state index in [0.29, 0.717) is 6.54 Å². The third-order valence-electron chi connectivity index (χ3n) is 5.05. The molecular weight excluding hydrogens is 346 g/mol. The predicted octanol–water partition coefficient (Wildman–Crippen LogP) is 4.07. The number of carbonyl (C=O) groups is 1. The van der Waals surface area contributed by atoms with E-state index < -0.39 is 0 Å². The first-order valence-electron chi connectivity index (χ1n) is 8.94. The van der Waals surface area contributed by atoms with Crippen LogP contribution in [0.3, 0.4) is 0 Å². The van der Waals surface area contributed by atoms with E-state index in [1.807, 2.05) is 4.90 Å². The highest BCUT2D eigenvalue weighted by Gasteiger charge is 2.22. The van der Waals surface area contributed by atoms with Crippen molar-refractivity contribution in [1.82, 2.24) is 10.2 Å². The van der Waals surface area contributed by atoms with Gasteiger partial charge in [-0.1, -0.05) is 42.0 Å². The molecule has 0 aliphatic carbocycles. The number of carbonyl (C=O) groups excluding carboxylic acids is 1. The highest BCUT2D eigenvalue weighted by Crippen LogP contribution is 2.23. The van der Waals surface area contributed by atoms with Gasteiger partial charge in [0.2, 0.25) is 0 Å². The third-order valence-corrected chi connectivity index (χ3v) is 5.05. The first-order valence-corrected chi connectivity index (χ1v) is 8.94. The molecule has 5 heteroatoms. The van der Waals surface area contributed by atoms with Crippen molar-refractivity contribution in [3.05, 3.63) is 64.7 Å². The molecule has 1 aliphatic heterocycles.